The fourth-order valence-corrected chi connectivity index (χ4v) is 3.94. The minimum atomic E-state index is -0.370. The SMILES string of the molecule is CNc1nnc(S[C@@H](C)C(=O)NCC(=O)Nc2c(C)cccc2C)s1. The Morgan fingerprint density at radius 2 is 1.92 bits per heavy atom. The number of carbonyl (C=O) groups is 2. The Balaban J connectivity index is 1.83. The van der Waals surface area contributed by atoms with Gasteiger partial charge in [0.15, 0.2) is 4.34 Å². The molecule has 0 bridgehead atoms. The van der Waals surface area contributed by atoms with Crippen molar-refractivity contribution in [3.8, 4) is 0 Å². The van der Waals surface area contributed by atoms with Crippen LogP contribution in [0.3, 0.4) is 0 Å². The van der Waals surface area contributed by atoms with Crippen molar-refractivity contribution in [3.05, 3.63) is 29.3 Å². The number of rotatable bonds is 7. The molecule has 7 nitrogen and oxygen atoms in total. The summed E-state index contributed by atoms with van der Waals surface area (Å²) < 4.78 is 0.701. The Hall–Kier alpha value is -2.13. The summed E-state index contributed by atoms with van der Waals surface area (Å²) in [4.78, 5) is 24.2. The van der Waals surface area contributed by atoms with Gasteiger partial charge in [-0.3, -0.25) is 9.59 Å². The molecule has 1 atom stereocenters. The third kappa shape index (κ3) is 5.43. The highest BCUT2D eigenvalue weighted by atomic mass is 32.2. The number of carbonyl (C=O) groups excluding carboxylic acids is 2. The summed E-state index contributed by atoms with van der Waals surface area (Å²) in [5.41, 5.74) is 2.76. The summed E-state index contributed by atoms with van der Waals surface area (Å²) in [6.45, 7) is 5.56. The maximum Gasteiger partial charge on any atom is 0.243 e. The minimum absolute atomic E-state index is 0.0740. The molecule has 0 saturated heterocycles. The third-order valence-corrected chi connectivity index (χ3v) is 5.56. The van der Waals surface area contributed by atoms with E-state index in [0.717, 1.165) is 16.8 Å². The lowest BCUT2D eigenvalue weighted by atomic mass is 10.1. The van der Waals surface area contributed by atoms with Crippen LogP contribution in [-0.4, -0.2) is 40.9 Å². The van der Waals surface area contributed by atoms with Crippen molar-refractivity contribution in [2.45, 2.75) is 30.4 Å². The smallest absolute Gasteiger partial charge is 0.243 e. The monoisotopic (exact) mass is 379 g/mol. The molecule has 0 aliphatic heterocycles. The molecule has 1 aromatic heterocycles. The Labute approximate surface area is 155 Å². The number of aromatic nitrogens is 2. The Morgan fingerprint density at radius 3 is 2.52 bits per heavy atom. The third-order valence-electron chi connectivity index (χ3n) is 3.44. The Morgan fingerprint density at radius 1 is 1.24 bits per heavy atom. The first-order valence-corrected chi connectivity index (χ1v) is 9.42. The highest BCUT2D eigenvalue weighted by molar-refractivity contribution is 8.02. The largest absolute Gasteiger partial charge is 0.363 e. The van der Waals surface area contributed by atoms with Gasteiger partial charge in [0.1, 0.15) is 0 Å². The van der Waals surface area contributed by atoms with Crippen LogP contribution in [0.4, 0.5) is 10.8 Å². The average Bonchev–Trinajstić information content (AvgIpc) is 3.03. The molecular formula is C16H21N5O2S2. The van der Waals surface area contributed by atoms with E-state index < -0.39 is 0 Å². The summed E-state index contributed by atoms with van der Waals surface area (Å²) in [5.74, 6) is -0.473. The second-order valence-electron chi connectivity index (χ2n) is 5.42. The van der Waals surface area contributed by atoms with Crippen LogP contribution < -0.4 is 16.0 Å². The predicted molar refractivity (Wildman–Crippen MR) is 102 cm³/mol. The van der Waals surface area contributed by atoms with E-state index in [1.165, 1.54) is 23.1 Å². The van der Waals surface area contributed by atoms with Gasteiger partial charge in [-0.1, -0.05) is 41.3 Å². The van der Waals surface area contributed by atoms with Gasteiger partial charge >= 0.3 is 0 Å². The lowest BCUT2D eigenvalue weighted by Crippen LogP contribution is -2.37. The number of nitrogens with one attached hydrogen (secondary N) is 3. The van der Waals surface area contributed by atoms with Crippen LogP contribution in [0.25, 0.3) is 0 Å². The van der Waals surface area contributed by atoms with Gasteiger partial charge in [0.05, 0.1) is 11.8 Å². The van der Waals surface area contributed by atoms with Gasteiger partial charge in [0, 0.05) is 12.7 Å². The topological polar surface area (TPSA) is 96.0 Å². The number of hydrogen-bond acceptors (Lipinski definition) is 7. The molecule has 0 saturated carbocycles. The van der Waals surface area contributed by atoms with Crippen molar-refractivity contribution < 1.29 is 9.59 Å². The van der Waals surface area contributed by atoms with Gasteiger partial charge in [-0.05, 0) is 31.9 Å². The van der Waals surface area contributed by atoms with Crippen molar-refractivity contribution in [2.24, 2.45) is 0 Å². The first-order chi connectivity index (χ1) is 11.9. The van der Waals surface area contributed by atoms with E-state index in [0.29, 0.717) is 9.47 Å². The molecule has 2 amide bonds. The van der Waals surface area contributed by atoms with E-state index in [4.69, 9.17) is 0 Å². The molecule has 0 unspecified atom stereocenters. The zero-order valence-corrected chi connectivity index (χ0v) is 16.2. The van der Waals surface area contributed by atoms with Crippen molar-refractivity contribution in [2.75, 3.05) is 24.2 Å². The maximum absolute atomic E-state index is 12.1. The lowest BCUT2D eigenvalue weighted by molar-refractivity contribution is -0.123. The van der Waals surface area contributed by atoms with Gasteiger partial charge in [0.2, 0.25) is 16.9 Å². The van der Waals surface area contributed by atoms with Crippen molar-refractivity contribution in [1.82, 2.24) is 15.5 Å². The van der Waals surface area contributed by atoms with Crippen molar-refractivity contribution in [3.63, 3.8) is 0 Å². The second-order valence-corrected chi connectivity index (χ2v) is 7.98. The van der Waals surface area contributed by atoms with Crippen LogP contribution in [0.15, 0.2) is 22.5 Å². The predicted octanol–water partition coefficient (Wildman–Crippen LogP) is 2.43. The average molecular weight is 380 g/mol. The summed E-state index contributed by atoms with van der Waals surface area (Å²) in [7, 11) is 1.76. The molecule has 0 radical (unpaired) electrons. The standard InChI is InChI=1S/C16H21N5O2S2/c1-9-6-5-7-10(2)13(9)19-12(22)8-18-14(23)11(3)24-16-21-20-15(17-4)25-16/h5-7,11H,8H2,1-4H3,(H,17,20)(H,18,23)(H,19,22)/t11-/m0/s1. The molecule has 1 aromatic carbocycles. The number of benzene rings is 1. The van der Waals surface area contributed by atoms with Crippen LogP contribution in [0.2, 0.25) is 0 Å². The molecular weight excluding hydrogens is 358 g/mol. The van der Waals surface area contributed by atoms with Gasteiger partial charge in [-0.15, -0.1) is 10.2 Å². The summed E-state index contributed by atoms with van der Waals surface area (Å²) in [6.07, 6.45) is 0. The Bertz CT molecular complexity index is 742. The van der Waals surface area contributed by atoms with Gasteiger partial charge in [0.25, 0.3) is 0 Å². The number of thioether (sulfide) groups is 1. The zero-order valence-electron chi connectivity index (χ0n) is 14.5. The summed E-state index contributed by atoms with van der Waals surface area (Å²) in [6, 6.07) is 5.80. The van der Waals surface area contributed by atoms with E-state index in [9.17, 15) is 9.59 Å². The first kappa shape index (κ1) is 19.2. The van der Waals surface area contributed by atoms with Crippen LogP contribution >= 0.6 is 23.1 Å². The number of aryl methyl sites for hydroxylation is 2. The number of anilines is 2. The van der Waals surface area contributed by atoms with E-state index >= 15 is 0 Å². The molecule has 3 N–H and O–H groups in total. The molecule has 9 heteroatoms. The number of amides is 2. The minimum Gasteiger partial charge on any atom is -0.363 e. The zero-order chi connectivity index (χ0) is 18.4. The highest BCUT2D eigenvalue weighted by Gasteiger charge is 2.18. The summed E-state index contributed by atoms with van der Waals surface area (Å²) >= 11 is 2.69. The first-order valence-electron chi connectivity index (χ1n) is 7.72. The lowest BCUT2D eigenvalue weighted by Gasteiger charge is -2.13. The van der Waals surface area contributed by atoms with Gasteiger partial charge in [-0.25, -0.2) is 0 Å². The number of nitrogens with zero attached hydrogens (tertiary/aromatic N) is 2. The molecule has 2 aromatic rings. The van der Waals surface area contributed by atoms with Crippen molar-refractivity contribution in [1.29, 1.82) is 0 Å². The van der Waals surface area contributed by atoms with E-state index in [2.05, 4.69) is 26.1 Å². The fourth-order valence-electron chi connectivity index (χ4n) is 2.07. The van der Waals surface area contributed by atoms with Crippen LogP contribution in [-0.2, 0) is 9.59 Å². The molecule has 0 aliphatic rings. The molecule has 0 spiro atoms. The normalized spacial score (nSPS) is 11.7. The molecule has 1 heterocycles. The molecule has 134 valence electrons. The van der Waals surface area contributed by atoms with E-state index in [1.807, 2.05) is 32.0 Å². The van der Waals surface area contributed by atoms with Crippen LogP contribution in [0.1, 0.15) is 18.1 Å². The molecule has 2 rings (SSSR count). The number of para-hydroxylation sites is 1. The fraction of sp³-hybridized carbons (Fsp3) is 0.375. The molecule has 25 heavy (non-hydrogen) atoms. The van der Waals surface area contributed by atoms with Crippen molar-refractivity contribution >= 4 is 45.7 Å². The maximum atomic E-state index is 12.1. The van der Waals surface area contributed by atoms with Crippen LogP contribution in [0, 0.1) is 13.8 Å². The molecule has 0 aliphatic carbocycles. The van der Waals surface area contributed by atoms with Gasteiger partial charge in [-0.2, -0.15) is 0 Å². The van der Waals surface area contributed by atoms with E-state index in [1.54, 1.807) is 14.0 Å². The highest BCUT2D eigenvalue weighted by Crippen LogP contribution is 2.28. The molecule has 0 fully saturated rings. The van der Waals surface area contributed by atoms with Crippen LogP contribution in [0.5, 0.6) is 0 Å². The second kappa shape index (κ2) is 8.82. The van der Waals surface area contributed by atoms with Gasteiger partial charge < -0.3 is 16.0 Å². The van der Waals surface area contributed by atoms with E-state index in [-0.39, 0.29) is 23.6 Å². The number of hydrogen-bond donors (Lipinski definition) is 3. The Kier molecular flexibility index (Phi) is 6.77. The quantitative estimate of drug-likeness (QED) is 0.640. The summed E-state index contributed by atoms with van der Waals surface area (Å²) in [5, 5.41) is 16.6.